The number of hydrogen-bond acceptors (Lipinski definition) is 4. The number of carbonyl (C=O) groups is 2. The van der Waals surface area contributed by atoms with Crippen molar-refractivity contribution in [3.8, 4) is 0 Å². The summed E-state index contributed by atoms with van der Waals surface area (Å²) in [6.07, 6.45) is 0.192. The molecule has 7 nitrogen and oxygen atoms in total. The van der Waals surface area contributed by atoms with Crippen molar-refractivity contribution in [1.82, 2.24) is 25.2 Å². The third-order valence-corrected chi connectivity index (χ3v) is 6.22. The Morgan fingerprint density at radius 2 is 1.89 bits per heavy atom. The predicted molar refractivity (Wildman–Crippen MR) is 127 cm³/mol. The lowest BCUT2D eigenvalue weighted by Gasteiger charge is -2.27. The minimum atomic E-state index is -1.31. The van der Waals surface area contributed by atoms with E-state index in [1.54, 1.807) is 25.3 Å². The second-order valence-electron chi connectivity index (χ2n) is 9.24. The third-order valence-electron chi connectivity index (χ3n) is 6.22. The molecule has 1 fully saturated rings. The van der Waals surface area contributed by atoms with Crippen LogP contribution in [0.3, 0.4) is 0 Å². The van der Waals surface area contributed by atoms with Crippen LogP contribution in [0.15, 0.2) is 54.7 Å². The number of hydrogen-bond donors (Lipinski definition) is 1. The molecule has 184 valence electrons. The first-order valence-corrected chi connectivity index (χ1v) is 11.7. The Morgan fingerprint density at radius 1 is 1.14 bits per heavy atom. The topological polar surface area (TPSA) is 80.1 Å². The third kappa shape index (κ3) is 5.55. The van der Waals surface area contributed by atoms with Crippen molar-refractivity contribution in [1.29, 1.82) is 0 Å². The predicted octanol–water partition coefficient (Wildman–Crippen LogP) is 3.69. The van der Waals surface area contributed by atoms with Crippen LogP contribution in [0.5, 0.6) is 0 Å². The van der Waals surface area contributed by atoms with Gasteiger partial charge in [-0.25, -0.2) is 13.5 Å². The monoisotopic (exact) mass is 481 g/mol. The number of halogens is 2. The molecule has 0 spiro atoms. The van der Waals surface area contributed by atoms with E-state index >= 15 is 0 Å². The maximum Gasteiger partial charge on any atom is 0.245 e. The van der Waals surface area contributed by atoms with Crippen LogP contribution in [0.25, 0.3) is 0 Å². The van der Waals surface area contributed by atoms with E-state index in [9.17, 15) is 18.4 Å². The van der Waals surface area contributed by atoms with Gasteiger partial charge in [-0.2, -0.15) is 0 Å². The van der Waals surface area contributed by atoms with Crippen molar-refractivity contribution in [2.45, 2.75) is 57.9 Å². The van der Waals surface area contributed by atoms with Crippen LogP contribution in [0.4, 0.5) is 8.78 Å². The Labute approximate surface area is 203 Å². The molecule has 1 aliphatic rings. The van der Waals surface area contributed by atoms with Crippen molar-refractivity contribution in [3.63, 3.8) is 0 Å². The molecular formula is C26H29F2N5O2. The second-order valence-corrected chi connectivity index (χ2v) is 9.24. The molecule has 2 heterocycles. The van der Waals surface area contributed by atoms with Gasteiger partial charge in [0.25, 0.3) is 0 Å². The van der Waals surface area contributed by atoms with E-state index in [2.05, 4.69) is 15.6 Å². The zero-order valence-corrected chi connectivity index (χ0v) is 20.0. The van der Waals surface area contributed by atoms with Crippen LogP contribution in [-0.4, -0.2) is 50.5 Å². The quantitative estimate of drug-likeness (QED) is 0.558. The summed E-state index contributed by atoms with van der Waals surface area (Å²) >= 11 is 0. The molecule has 2 aromatic carbocycles. The Hall–Kier alpha value is -3.62. The number of nitrogens with one attached hydrogen (secondary N) is 1. The van der Waals surface area contributed by atoms with Crippen molar-refractivity contribution < 1.29 is 18.4 Å². The van der Waals surface area contributed by atoms with E-state index in [0.29, 0.717) is 16.8 Å². The SMILES string of the molecule is Cc1cn(CC(=O)N2C[C@H](F)C[C@H]2C(=O)N[C@@H](c2ccccc2)c2ccc(C(C)C)c(F)c2)nn1. The standard InChI is InChI=1S/C26H29F2N5O2/c1-16(2)21-10-9-19(11-22(21)28)25(18-7-5-4-6-8-18)29-26(35)23-12-20(27)14-33(23)24(34)15-32-13-17(3)30-31-32/h4-11,13,16,20,23,25H,12,14-15H2,1-3H3,(H,29,35)/t20-,23+,25+/m1/s1. The molecule has 9 heteroatoms. The molecule has 3 atom stereocenters. The van der Waals surface area contributed by atoms with E-state index in [1.165, 1.54) is 15.6 Å². The van der Waals surface area contributed by atoms with Gasteiger partial charge in [-0.3, -0.25) is 9.59 Å². The number of likely N-dealkylation sites (tertiary alicyclic amines) is 1. The van der Waals surface area contributed by atoms with Crippen LogP contribution in [-0.2, 0) is 16.1 Å². The molecule has 35 heavy (non-hydrogen) atoms. The van der Waals surface area contributed by atoms with Crippen molar-refractivity contribution in [2.24, 2.45) is 0 Å². The summed E-state index contributed by atoms with van der Waals surface area (Å²) in [4.78, 5) is 27.5. The van der Waals surface area contributed by atoms with Gasteiger partial charge in [-0.05, 0) is 35.6 Å². The van der Waals surface area contributed by atoms with Crippen LogP contribution in [0.2, 0.25) is 0 Å². The zero-order chi connectivity index (χ0) is 25.1. The number of alkyl halides is 1. The molecule has 1 N–H and O–H groups in total. The number of rotatable bonds is 7. The Kier molecular flexibility index (Phi) is 7.23. The summed E-state index contributed by atoms with van der Waals surface area (Å²) < 4.78 is 30.6. The highest BCUT2D eigenvalue weighted by Gasteiger charge is 2.40. The second kappa shape index (κ2) is 10.3. The maximum absolute atomic E-state index is 14.8. The summed E-state index contributed by atoms with van der Waals surface area (Å²) in [6, 6.07) is 12.5. The number of aromatic nitrogens is 3. The van der Waals surface area contributed by atoms with Crippen molar-refractivity contribution in [2.75, 3.05) is 6.54 Å². The van der Waals surface area contributed by atoms with E-state index in [0.717, 1.165) is 5.56 Å². The molecule has 2 amide bonds. The molecule has 0 bridgehead atoms. The van der Waals surface area contributed by atoms with E-state index in [4.69, 9.17) is 0 Å². The van der Waals surface area contributed by atoms with Gasteiger partial charge in [-0.1, -0.05) is 61.5 Å². The van der Waals surface area contributed by atoms with E-state index in [1.807, 2.05) is 44.2 Å². The van der Waals surface area contributed by atoms with Crippen LogP contribution in [0.1, 0.15) is 54.6 Å². The van der Waals surface area contributed by atoms with Gasteiger partial charge in [0.2, 0.25) is 11.8 Å². The van der Waals surface area contributed by atoms with Crippen molar-refractivity contribution in [3.05, 3.63) is 82.9 Å². The van der Waals surface area contributed by atoms with Crippen LogP contribution >= 0.6 is 0 Å². The lowest BCUT2D eigenvalue weighted by atomic mass is 9.94. The fourth-order valence-electron chi connectivity index (χ4n) is 4.45. The molecule has 0 saturated carbocycles. The fourth-order valence-corrected chi connectivity index (χ4v) is 4.45. The molecular weight excluding hydrogens is 452 g/mol. The Morgan fingerprint density at radius 3 is 2.51 bits per heavy atom. The average Bonchev–Trinajstić information content (AvgIpc) is 3.42. The first-order valence-electron chi connectivity index (χ1n) is 11.7. The highest BCUT2D eigenvalue weighted by molar-refractivity contribution is 5.88. The number of carbonyl (C=O) groups excluding carboxylic acids is 2. The first-order chi connectivity index (χ1) is 16.7. The largest absolute Gasteiger partial charge is 0.343 e. The summed E-state index contributed by atoms with van der Waals surface area (Å²) in [5, 5.41) is 10.7. The van der Waals surface area contributed by atoms with Crippen molar-refractivity contribution >= 4 is 11.8 Å². The summed E-state index contributed by atoms with van der Waals surface area (Å²) in [6.45, 7) is 5.26. The molecule has 1 aliphatic heterocycles. The zero-order valence-electron chi connectivity index (χ0n) is 20.0. The lowest BCUT2D eigenvalue weighted by Crippen LogP contribution is -2.48. The fraction of sp³-hybridized carbons (Fsp3) is 0.385. The van der Waals surface area contributed by atoms with Gasteiger partial charge in [0.15, 0.2) is 0 Å². The van der Waals surface area contributed by atoms with Gasteiger partial charge in [0, 0.05) is 12.6 Å². The maximum atomic E-state index is 14.8. The minimum Gasteiger partial charge on any atom is -0.343 e. The van der Waals surface area contributed by atoms with E-state index < -0.39 is 30.1 Å². The van der Waals surface area contributed by atoms with E-state index in [-0.39, 0.29) is 31.2 Å². The summed E-state index contributed by atoms with van der Waals surface area (Å²) in [5.41, 5.74) is 2.56. The van der Waals surface area contributed by atoms with Crippen LogP contribution in [0, 0.1) is 12.7 Å². The number of aryl methyl sites for hydroxylation is 1. The van der Waals surface area contributed by atoms with Gasteiger partial charge in [0.1, 0.15) is 24.6 Å². The van der Waals surface area contributed by atoms with Gasteiger partial charge >= 0.3 is 0 Å². The molecule has 1 aromatic heterocycles. The normalized spacial score (nSPS) is 18.6. The molecule has 3 aromatic rings. The van der Waals surface area contributed by atoms with Crippen LogP contribution < -0.4 is 5.32 Å². The van der Waals surface area contributed by atoms with Gasteiger partial charge in [-0.15, -0.1) is 5.10 Å². The average molecular weight is 482 g/mol. The molecule has 4 rings (SSSR count). The summed E-state index contributed by atoms with van der Waals surface area (Å²) in [5.74, 6) is -1.24. The smallest absolute Gasteiger partial charge is 0.245 e. The molecule has 0 aliphatic carbocycles. The number of amides is 2. The number of benzene rings is 2. The molecule has 0 unspecified atom stereocenters. The molecule has 1 saturated heterocycles. The van der Waals surface area contributed by atoms with Gasteiger partial charge in [0.05, 0.1) is 18.3 Å². The first kappa shape index (κ1) is 24.5. The summed E-state index contributed by atoms with van der Waals surface area (Å²) in [7, 11) is 0. The highest BCUT2D eigenvalue weighted by Crippen LogP contribution is 2.28. The minimum absolute atomic E-state index is 0.0159. The highest BCUT2D eigenvalue weighted by atomic mass is 19.1. The Balaban J connectivity index is 1.58. The number of nitrogens with zero attached hydrogens (tertiary/aromatic N) is 4. The Bertz CT molecular complexity index is 1200. The lowest BCUT2D eigenvalue weighted by molar-refractivity contribution is -0.139. The molecule has 0 radical (unpaired) electrons. The van der Waals surface area contributed by atoms with Gasteiger partial charge < -0.3 is 10.2 Å².